The summed E-state index contributed by atoms with van der Waals surface area (Å²) in [5.41, 5.74) is 7.69. The SMILES string of the molecule is CC1(N)CCN(c2ccccc2C#N)C1. The highest BCUT2D eigenvalue weighted by Gasteiger charge is 2.30. The monoisotopic (exact) mass is 201 g/mol. The van der Waals surface area contributed by atoms with Crippen molar-refractivity contribution in [3.8, 4) is 6.07 Å². The largest absolute Gasteiger partial charge is 0.369 e. The highest BCUT2D eigenvalue weighted by Crippen LogP contribution is 2.27. The van der Waals surface area contributed by atoms with E-state index >= 15 is 0 Å². The van der Waals surface area contributed by atoms with E-state index in [1.165, 1.54) is 0 Å². The number of anilines is 1. The fraction of sp³-hybridized carbons (Fsp3) is 0.417. The van der Waals surface area contributed by atoms with Crippen LogP contribution in [0.4, 0.5) is 5.69 Å². The molecule has 0 aliphatic carbocycles. The molecular formula is C12H15N3. The summed E-state index contributed by atoms with van der Waals surface area (Å²) in [5.74, 6) is 0. The molecule has 1 fully saturated rings. The minimum Gasteiger partial charge on any atom is -0.369 e. The van der Waals surface area contributed by atoms with E-state index < -0.39 is 0 Å². The fourth-order valence-electron chi connectivity index (χ4n) is 2.03. The minimum absolute atomic E-state index is 0.122. The summed E-state index contributed by atoms with van der Waals surface area (Å²) in [6.45, 7) is 3.82. The molecular weight excluding hydrogens is 186 g/mol. The minimum atomic E-state index is -0.122. The highest BCUT2D eigenvalue weighted by molar-refractivity contribution is 5.60. The van der Waals surface area contributed by atoms with Gasteiger partial charge in [-0.05, 0) is 25.5 Å². The number of nitriles is 1. The summed E-state index contributed by atoms with van der Waals surface area (Å²) in [6.07, 6.45) is 0.979. The van der Waals surface area contributed by atoms with Gasteiger partial charge in [0.1, 0.15) is 6.07 Å². The first-order chi connectivity index (χ1) is 7.12. The van der Waals surface area contributed by atoms with E-state index in [1.54, 1.807) is 0 Å². The number of para-hydroxylation sites is 1. The summed E-state index contributed by atoms with van der Waals surface area (Å²) in [5, 5.41) is 9.00. The van der Waals surface area contributed by atoms with Crippen LogP contribution < -0.4 is 10.6 Å². The Bertz CT molecular complexity index is 404. The molecule has 0 saturated carbocycles. The average Bonchev–Trinajstić information content (AvgIpc) is 2.59. The Balaban J connectivity index is 2.28. The smallest absolute Gasteiger partial charge is 0.101 e. The summed E-state index contributed by atoms with van der Waals surface area (Å²) in [4.78, 5) is 2.19. The van der Waals surface area contributed by atoms with Gasteiger partial charge in [-0.1, -0.05) is 12.1 Å². The van der Waals surface area contributed by atoms with Crippen molar-refractivity contribution in [1.82, 2.24) is 0 Å². The lowest BCUT2D eigenvalue weighted by Gasteiger charge is -2.22. The molecule has 0 bridgehead atoms. The highest BCUT2D eigenvalue weighted by atomic mass is 15.2. The normalized spacial score (nSPS) is 25.3. The van der Waals surface area contributed by atoms with Crippen molar-refractivity contribution in [3.63, 3.8) is 0 Å². The summed E-state index contributed by atoms with van der Waals surface area (Å²) in [6, 6.07) is 9.90. The summed E-state index contributed by atoms with van der Waals surface area (Å²) in [7, 11) is 0. The quantitative estimate of drug-likeness (QED) is 0.749. The molecule has 2 N–H and O–H groups in total. The summed E-state index contributed by atoms with van der Waals surface area (Å²) < 4.78 is 0. The second kappa shape index (κ2) is 3.56. The third kappa shape index (κ3) is 1.95. The molecule has 3 heteroatoms. The van der Waals surface area contributed by atoms with Gasteiger partial charge in [0.2, 0.25) is 0 Å². The van der Waals surface area contributed by atoms with Crippen LogP contribution in [0.5, 0.6) is 0 Å². The van der Waals surface area contributed by atoms with Gasteiger partial charge in [0.15, 0.2) is 0 Å². The van der Waals surface area contributed by atoms with Gasteiger partial charge in [-0.15, -0.1) is 0 Å². The lowest BCUT2D eigenvalue weighted by Crippen LogP contribution is -2.39. The van der Waals surface area contributed by atoms with Gasteiger partial charge < -0.3 is 10.6 Å². The van der Waals surface area contributed by atoms with E-state index in [0.717, 1.165) is 30.8 Å². The molecule has 0 amide bonds. The van der Waals surface area contributed by atoms with Gasteiger partial charge in [0.25, 0.3) is 0 Å². The predicted molar refractivity (Wildman–Crippen MR) is 60.6 cm³/mol. The molecule has 1 atom stereocenters. The van der Waals surface area contributed by atoms with Crippen LogP contribution in [0.25, 0.3) is 0 Å². The van der Waals surface area contributed by atoms with Crippen LogP contribution in [-0.2, 0) is 0 Å². The fourth-order valence-corrected chi connectivity index (χ4v) is 2.03. The zero-order chi connectivity index (χ0) is 10.9. The van der Waals surface area contributed by atoms with E-state index in [0.29, 0.717) is 0 Å². The molecule has 1 heterocycles. The molecule has 3 nitrogen and oxygen atoms in total. The molecule has 2 rings (SSSR count). The molecule has 15 heavy (non-hydrogen) atoms. The van der Waals surface area contributed by atoms with Gasteiger partial charge in [-0.2, -0.15) is 5.26 Å². The van der Waals surface area contributed by atoms with Crippen LogP contribution in [0.3, 0.4) is 0 Å². The maximum Gasteiger partial charge on any atom is 0.101 e. The molecule has 1 aromatic carbocycles. The number of hydrogen-bond acceptors (Lipinski definition) is 3. The predicted octanol–water partition coefficient (Wildman–Crippen LogP) is 1.49. The molecule has 1 saturated heterocycles. The van der Waals surface area contributed by atoms with Crippen molar-refractivity contribution in [2.45, 2.75) is 18.9 Å². The van der Waals surface area contributed by atoms with Crippen LogP contribution >= 0.6 is 0 Å². The van der Waals surface area contributed by atoms with Crippen molar-refractivity contribution in [1.29, 1.82) is 5.26 Å². The van der Waals surface area contributed by atoms with E-state index in [1.807, 2.05) is 24.3 Å². The van der Waals surface area contributed by atoms with Gasteiger partial charge in [0.05, 0.1) is 11.3 Å². The standard InChI is InChI=1S/C12H15N3/c1-12(14)6-7-15(9-12)11-5-3-2-4-10(11)8-13/h2-5H,6-7,9,14H2,1H3. The van der Waals surface area contributed by atoms with Crippen molar-refractivity contribution in [2.75, 3.05) is 18.0 Å². The average molecular weight is 201 g/mol. The maximum absolute atomic E-state index is 9.00. The number of nitrogens with two attached hydrogens (primary N) is 1. The van der Waals surface area contributed by atoms with Crippen LogP contribution in [-0.4, -0.2) is 18.6 Å². The van der Waals surface area contributed by atoms with Gasteiger partial charge in [-0.3, -0.25) is 0 Å². The van der Waals surface area contributed by atoms with Gasteiger partial charge >= 0.3 is 0 Å². The second-order valence-corrected chi connectivity index (χ2v) is 4.45. The Labute approximate surface area is 90.1 Å². The van der Waals surface area contributed by atoms with E-state index in [4.69, 9.17) is 11.0 Å². The van der Waals surface area contributed by atoms with E-state index in [2.05, 4.69) is 17.9 Å². The van der Waals surface area contributed by atoms with Crippen LogP contribution in [0.15, 0.2) is 24.3 Å². The molecule has 0 spiro atoms. The van der Waals surface area contributed by atoms with Crippen LogP contribution in [0.2, 0.25) is 0 Å². The first-order valence-electron chi connectivity index (χ1n) is 5.15. The molecule has 0 radical (unpaired) electrons. The second-order valence-electron chi connectivity index (χ2n) is 4.45. The van der Waals surface area contributed by atoms with Crippen molar-refractivity contribution < 1.29 is 0 Å². The Kier molecular flexibility index (Phi) is 2.37. The first-order valence-corrected chi connectivity index (χ1v) is 5.15. The molecule has 1 unspecified atom stereocenters. The van der Waals surface area contributed by atoms with Gasteiger partial charge in [0, 0.05) is 18.6 Å². The topological polar surface area (TPSA) is 53.0 Å². The Hall–Kier alpha value is -1.53. The summed E-state index contributed by atoms with van der Waals surface area (Å²) >= 11 is 0. The van der Waals surface area contributed by atoms with Crippen LogP contribution in [0, 0.1) is 11.3 Å². The van der Waals surface area contributed by atoms with Crippen LogP contribution in [0.1, 0.15) is 18.9 Å². The van der Waals surface area contributed by atoms with E-state index in [-0.39, 0.29) is 5.54 Å². The Morgan fingerprint density at radius 2 is 2.20 bits per heavy atom. The van der Waals surface area contributed by atoms with Crippen molar-refractivity contribution in [3.05, 3.63) is 29.8 Å². The van der Waals surface area contributed by atoms with E-state index in [9.17, 15) is 0 Å². The molecule has 1 aliphatic rings. The molecule has 1 aliphatic heterocycles. The first kappa shape index (κ1) is 10.0. The van der Waals surface area contributed by atoms with Gasteiger partial charge in [-0.25, -0.2) is 0 Å². The third-order valence-corrected chi connectivity index (χ3v) is 2.87. The van der Waals surface area contributed by atoms with Crippen molar-refractivity contribution in [2.24, 2.45) is 5.73 Å². The third-order valence-electron chi connectivity index (χ3n) is 2.87. The maximum atomic E-state index is 9.00. The number of hydrogen-bond donors (Lipinski definition) is 1. The zero-order valence-electron chi connectivity index (χ0n) is 8.90. The Morgan fingerprint density at radius 1 is 1.47 bits per heavy atom. The number of rotatable bonds is 1. The lowest BCUT2D eigenvalue weighted by atomic mass is 10.0. The molecule has 78 valence electrons. The molecule has 1 aromatic rings. The lowest BCUT2D eigenvalue weighted by molar-refractivity contribution is 0.525. The Morgan fingerprint density at radius 3 is 2.80 bits per heavy atom. The number of benzene rings is 1. The molecule has 0 aromatic heterocycles. The van der Waals surface area contributed by atoms with Crippen molar-refractivity contribution >= 4 is 5.69 Å². The number of nitrogens with zero attached hydrogens (tertiary/aromatic N) is 2. The zero-order valence-corrected chi connectivity index (χ0v) is 8.90.